The highest BCUT2D eigenvalue weighted by atomic mass is 35.5. The van der Waals surface area contributed by atoms with Crippen LogP contribution >= 0.6 is 11.6 Å². The fourth-order valence-electron chi connectivity index (χ4n) is 2.86. The quantitative estimate of drug-likeness (QED) is 0.479. The highest BCUT2D eigenvalue weighted by Crippen LogP contribution is 2.22. The van der Waals surface area contributed by atoms with Gasteiger partial charge in [0.25, 0.3) is 5.91 Å². The van der Waals surface area contributed by atoms with Crippen molar-refractivity contribution in [1.29, 1.82) is 0 Å². The number of primary sulfonamides is 1. The third-order valence-electron chi connectivity index (χ3n) is 4.35. The number of hydrogen-bond donors (Lipinski definition) is 2. The summed E-state index contributed by atoms with van der Waals surface area (Å²) in [5.41, 5.74) is 1.80. The van der Waals surface area contributed by atoms with E-state index in [0.717, 1.165) is 5.56 Å². The molecular formula is C21H16ClN5O3S. The van der Waals surface area contributed by atoms with Crippen LogP contribution in [0.3, 0.4) is 0 Å². The lowest BCUT2D eigenvalue weighted by molar-refractivity contribution is 0.101. The zero-order valence-electron chi connectivity index (χ0n) is 15.9. The van der Waals surface area contributed by atoms with Gasteiger partial charge in [-0.3, -0.25) is 4.79 Å². The van der Waals surface area contributed by atoms with Crippen molar-refractivity contribution in [2.24, 2.45) is 5.14 Å². The lowest BCUT2D eigenvalue weighted by atomic mass is 10.2. The van der Waals surface area contributed by atoms with Gasteiger partial charge in [-0.15, -0.1) is 5.10 Å². The van der Waals surface area contributed by atoms with E-state index in [4.69, 9.17) is 16.7 Å². The summed E-state index contributed by atoms with van der Waals surface area (Å²) in [4.78, 5) is 17.1. The normalized spacial score (nSPS) is 11.3. The van der Waals surface area contributed by atoms with Crippen LogP contribution in [0.25, 0.3) is 17.1 Å². The number of hydrogen-bond acceptors (Lipinski definition) is 5. The summed E-state index contributed by atoms with van der Waals surface area (Å²) >= 11 is 5.88. The lowest BCUT2D eigenvalue weighted by Gasteiger charge is -2.06. The molecule has 4 rings (SSSR count). The molecule has 3 N–H and O–H groups in total. The van der Waals surface area contributed by atoms with E-state index in [0.29, 0.717) is 22.2 Å². The minimum absolute atomic E-state index is 0.0293. The van der Waals surface area contributed by atoms with Crippen LogP contribution in [0.4, 0.5) is 5.69 Å². The van der Waals surface area contributed by atoms with E-state index in [9.17, 15) is 13.2 Å². The summed E-state index contributed by atoms with van der Waals surface area (Å²) in [5.74, 6) is -0.131. The monoisotopic (exact) mass is 453 g/mol. The van der Waals surface area contributed by atoms with Crippen LogP contribution in [-0.2, 0) is 10.0 Å². The van der Waals surface area contributed by atoms with Crippen LogP contribution in [0.5, 0.6) is 0 Å². The molecule has 3 aromatic carbocycles. The molecule has 0 saturated carbocycles. The van der Waals surface area contributed by atoms with Gasteiger partial charge >= 0.3 is 0 Å². The molecule has 0 unspecified atom stereocenters. The Morgan fingerprint density at radius 3 is 2.19 bits per heavy atom. The molecule has 0 atom stereocenters. The number of nitrogens with two attached hydrogens (primary N) is 1. The van der Waals surface area contributed by atoms with Crippen molar-refractivity contribution < 1.29 is 13.2 Å². The Morgan fingerprint density at radius 2 is 1.58 bits per heavy atom. The number of rotatable bonds is 5. The first-order chi connectivity index (χ1) is 14.8. The van der Waals surface area contributed by atoms with Gasteiger partial charge in [0.15, 0.2) is 5.82 Å². The number of carbonyl (C=O) groups excluding carboxylic acids is 1. The van der Waals surface area contributed by atoms with E-state index in [2.05, 4.69) is 15.4 Å². The largest absolute Gasteiger partial charge is 0.319 e. The maximum absolute atomic E-state index is 12.7. The van der Waals surface area contributed by atoms with Crippen molar-refractivity contribution in [3.63, 3.8) is 0 Å². The maximum Gasteiger partial charge on any atom is 0.295 e. The molecule has 31 heavy (non-hydrogen) atoms. The first kappa shape index (κ1) is 20.7. The van der Waals surface area contributed by atoms with Gasteiger partial charge in [-0.1, -0.05) is 41.9 Å². The molecule has 4 aromatic rings. The zero-order valence-corrected chi connectivity index (χ0v) is 17.5. The fourth-order valence-corrected chi connectivity index (χ4v) is 3.50. The number of nitrogens with zero attached hydrogens (tertiary/aromatic N) is 3. The van der Waals surface area contributed by atoms with E-state index >= 15 is 0 Å². The number of benzene rings is 3. The minimum Gasteiger partial charge on any atom is -0.319 e. The zero-order chi connectivity index (χ0) is 22.0. The van der Waals surface area contributed by atoms with Gasteiger partial charge in [-0.25, -0.2) is 23.2 Å². The molecule has 0 aliphatic rings. The van der Waals surface area contributed by atoms with E-state index in [1.807, 2.05) is 30.3 Å². The van der Waals surface area contributed by atoms with Crippen LogP contribution in [-0.4, -0.2) is 29.1 Å². The Hall–Kier alpha value is -3.53. The molecule has 0 saturated heterocycles. The lowest BCUT2D eigenvalue weighted by Crippen LogP contribution is -2.14. The summed E-state index contributed by atoms with van der Waals surface area (Å²) < 4.78 is 24.5. The summed E-state index contributed by atoms with van der Waals surface area (Å²) in [6.45, 7) is 0. The Morgan fingerprint density at radius 1 is 0.935 bits per heavy atom. The molecule has 1 aromatic heterocycles. The average molecular weight is 454 g/mol. The van der Waals surface area contributed by atoms with Crippen molar-refractivity contribution in [2.75, 3.05) is 5.32 Å². The number of aromatic nitrogens is 3. The summed E-state index contributed by atoms with van der Waals surface area (Å²) in [6.07, 6.45) is 0. The van der Waals surface area contributed by atoms with Crippen molar-refractivity contribution >= 4 is 33.2 Å². The maximum atomic E-state index is 12.7. The third-order valence-corrected chi connectivity index (χ3v) is 5.54. The van der Waals surface area contributed by atoms with Crippen LogP contribution in [0, 0.1) is 0 Å². The van der Waals surface area contributed by atoms with E-state index in [1.54, 1.807) is 36.4 Å². The van der Waals surface area contributed by atoms with Gasteiger partial charge in [-0.2, -0.15) is 0 Å². The number of halogens is 1. The first-order valence-corrected chi connectivity index (χ1v) is 11.0. The van der Waals surface area contributed by atoms with Gasteiger partial charge < -0.3 is 5.32 Å². The van der Waals surface area contributed by atoms with Crippen LogP contribution in [0.1, 0.15) is 10.6 Å². The van der Waals surface area contributed by atoms with Gasteiger partial charge in [0.1, 0.15) is 0 Å². The van der Waals surface area contributed by atoms with Crippen LogP contribution in [0.2, 0.25) is 5.02 Å². The Bertz CT molecular complexity index is 1340. The molecule has 0 radical (unpaired) electrons. The van der Waals surface area contributed by atoms with Crippen molar-refractivity contribution in [3.8, 4) is 17.1 Å². The number of anilines is 1. The van der Waals surface area contributed by atoms with Crippen molar-refractivity contribution in [3.05, 3.63) is 89.7 Å². The summed E-state index contributed by atoms with van der Waals surface area (Å²) in [7, 11) is -3.83. The van der Waals surface area contributed by atoms with Crippen molar-refractivity contribution in [2.45, 2.75) is 4.90 Å². The molecule has 0 aliphatic heterocycles. The van der Waals surface area contributed by atoms with Gasteiger partial charge in [0, 0.05) is 16.3 Å². The van der Waals surface area contributed by atoms with Crippen LogP contribution in [0.15, 0.2) is 83.8 Å². The summed E-state index contributed by atoms with van der Waals surface area (Å²) in [5, 5.41) is 12.8. The highest BCUT2D eigenvalue weighted by Gasteiger charge is 2.19. The second-order valence-electron chi connectivity index (χ2n) is 6.54. The average Bonchev–Trinajstić information content (AvgIpc) is 3.21. The van der Waals surface area contributed by atoms with Gasteiger partial charge in [0.2, 0.25) is 15.8 Å². The third kappa shape index (κ3) is 4.64. The topological polar surface area (TPSA) is 120 Å². The van der Waals surface area contributed by atoms with Crippen LogP contribution < -0.4 is 10.5 Å². The molecule has 8 nitrogen and oxygen atoms in total. The Labute approximate surface area is 183 Å². The second-order valence-corrected chi connectivity index (χ2v) is 8.53. The molecule has 0 spiro atoms. The predicted octanol–water partition coefficient (Wildman–Crippen LogP) is 3.49. The number of carbonyl (C=O) groups is 1. The Kier molecular flexibility index (Phi) is 5.55. The fraction of sp³-hybridized carbons (Fsp3) is 0. The molecule has 1 heterocycles. The number of nitrogens with one attached hydrogen (secondary N) is 1. The molecule has 0 bridgehead atoms. The molecule has 0 fully saturated rings. The van der Waals surface area contributed by atoms with E-state index < -0.39 is 15.9 Å². The second kappa shape index (κ2) is 8.31. The molecule has 1 amide bonds. The summed E-state index contributed by atoms with van der Waals surface area (Å²) in [6, 6.07) is 21.7. The molecule has 10 heteroatoms. The number of sulfonamides is 1. The van der Waals surface area contributed by atoms with Crippen molar-refractivity contribution in [1.82, 2.24) is 14.8 Å². The first-order valence-electron chi connectivity index (χ1n) is 9.04. The highest BCUT2D eigenvalue weighted by molar-refractivity contribution is 7.89. The van der Waals surface area contributed by atoms with E-state index in [1.165, 1.54) is 16.8 Å². The number of amides is 1. The van der Waals surface area contributed by atoms with Gasteiger partial charge in [0.05, 0.1) is 10.6 Å². The SMILES string of the molecule is NS(=O)(=O)c1ccc(-n2nc(C(=O)Nc3ccc(Cl)cc3)nc2-c2ccccc2)cc1. The molecule has 156 valence electrons. The molecular weight excluding hydrogens is 438 g/mol. The molecule has 0 aliphatic carbocycles. The minimum atomic E-state index is -3.83. The van der Waals surface area contributed by atoms with E-state index in [-0.39, 0.29) is 10.7 Å². The van der Waals surface area contributed by atoms with Gasteiger partial charge in [-0.05, 0) is 48.5 Å². The smallest absolute Gasteiger partial charge is 0.295 e. The Balaban J connectivity index is 1.74. The standard InChI is InChI=1S/C21H16ClN5O3S/c22-15-6-8-16(9-7-15)24-21(28)19-25-20(14-4-2-1-3-5-14)27(26-19)17-10-12-18(13-11-17)31(23,29)30/h1-13H,(H,24,28)(H2,23,29,30). The predicted molar refractivity (Wildman–Crippen MR) is 118 cm³/mol.